The number of aromatic nitrogens is 2. The summed E-state index contributed by atoms with van der Waals surface area (Å²) in [6.45, 7) is 6.19. The van der Waals surface area contributed by atoms with Crippen LogP contribution in [0.2, 0.25) is 0 Å². The lowest BCUT2D eigenvalue weighted by Gasteiger charge is -2.34. The highest BCUT2D eigenvalue weighted by atomic mass is 16.5. The van der Waals surface area contributed by atoms with Crippen molar-refractivity contribution in [3.05, 3.63) is 47.6 Å². The Morgan fingerprint density at radius 1 is 1.17 bits per heavy atom. The molecule has 156 valence electrons. The van der Waals surface area contributed by atoms with E-state index in [4.69, 9.17) is 4.52 Å². The number of hydrogen-bond acceptors (Lipinski definition) is 5. The first-order valence-corrected chi connectivity index (χ1v) is 10.4. The Morgan fingerprint density at radius 2 is 1.93 bits per heavy atom. The summed E-state index contributed by atoms with van der Waals surface area (Å²) in [5.74, 6) is 1.02. The molecule has 2 amide bonds. The van der Waals surface area contributed by atoms with Gasteiger partial charge in [0.15, 0.2) is 0 Å². The van der Waals surface area contributed by atoms with Gasteiger partial charge in [0.1, 0.15) is 0 Å². The molecular weight excluding hydrogens is 368 g/mol. The van der Waals surface area contributed by atoms with Crippen molar-refractivity contribution in [1.29, 1.82) is 0 Å². The Morgan fingerprint density at radius 3 is 2.52 bits per heavy atom. The minimum Gasteiger partial charge on any atom is -0.351 e. The second kappa shape index (κ2) is 9.67. The van der Waals surface area contributed by atoms with Gasteiger partial charge in [-0.3, -0.25) is 14.6 Å². The zero-order valence-electron chi connectivity index (χ0n) is 17.4. The standard InChI is InChI=1S/C22H30N4O3/c1-14(2)19-12-20(29-26-19)22(28)24-13-16-7-9-17(10-8-16)21(25-15(3)27)18-6-4-5-11-23-18/h4-6,11-12,14,16-17,21H,7-10,13H2,1-3H3,(H,24,28)(H,25,27). The molecule has 7 heteroatoms. The van der Waals surface area contributed by atoms with E-state index in [2.05, 4.69) is 20.8 Å². The van der Waals surface area contributed by atoms with Gasteiger partial charge in [-0.25, -0.2) is 0 Å². The van der Waals surface area contributed by atoms with E-state index in [1.165, 1.54) is 0 Å². The molecule has 1 atom stereocenters. The quantitative estimate of drug-likeness (QED) is 0.743. The van der Waals surface area contributed by atoms with E-state index in [9.17, 15) is 9.59 Å². The Labute approximate surface area is 171 Å². The molecule has 1 saturated carbocycles. The average molecular weight is 399 g/mol. The van der Waals surface area contributed by atoms with Crippen molar-refractivity contribution in [2.24, 2.45) is 11.8 Å². The van der Waals surface area contributed by atoms with Crippen molar-refractivity contribution in [1.82, 2.24) is 20.8 Å². The van der Waals surface area contributed by atoms with E-state index in [0.29, 0.717) is 18.4 Å². The Balaban J connectivity index is 1.51. The molecule has 0 bridgehead atoms. The second-order valence-corrected chi connectivity index (χ2v) is 8.19. The number of carbonyl (C=O) groups is 2. The van der Waals surface area contributed by atoms with Crippen molar-refractivity contribution in [3.8, 4) is 0 Å². The van der Waals surface area contributed by atoms with Crippen LogP contribution in [0.1, 0.15) is 80.4 Å². The lowest BCUT2D eigenvalue weighted by molar-refractivity contribution is -0.120. The van der Waals surface area contributed by atoms with Gasteiger partial charge in [0.2, 0.25) is 11.7 Å². The Bertz CT molecular complexity index is 810. The van der Waals surface area contributed by atoms with Crippen molar-refractivity contribution >= 4 is 11.8 Å². The van der Waals surface area contributed by atoms with E-state index in [0.717, 1.165) is 37.1 Å². The first kappa shape index (κ1) is 21.0. The zero-order valence-corrected chi connectivity index (χ0v) is 17.4. The fourth-order valence-corrected chi connectivity index (χ4v) is 3.93. The Hall–Kier alpha value is -2.70. The molecule has 2 N–H and O–H groups in total. The maximum absolute atomic E-state index is 12.3. The maximum atomic E-state index is 12.3. The molecule has 1 fully saturated rings. The van der Waals surface area contributed by atoms with Gasteiger partial charge in [0, 0.05) is 25.7 Å². The summed E-state index contributed by atoms with van der Waals surface area (Å²) in [5.41, 5.74) is 1.69. The van der Waals surface area contributed by atoms with E-state index in [-0.39, 0.29) is 29.5 Å². The van der Waals surface area contributed by atoms with Crippen LogP contribution in [0, 0.1) is 11.8 Å². The monoisotopic (exact) mass is 398 g/mol. The van der Waals surface area contributed by atoms with Gasteiger partial charge in [-0.15, -0.1) is 0 Å². The van der Waals surface area contributed by atoms with Gasteiger partial charge < -0.3 is 15.2 Å². The second-order valence-electron chi connectivity index (χ2n) is 8.19. The molecule has 1 unspecified atom stereocenters. The topological polar surface area (TPSA) is 97.1 Å². The largest absolute Gasteiger partial charge is 0.351 e. The third kappa shape index (κ3) is 5.65. The predicted molar refractivity (Wildman–Crippen MR) is 109 cm³/mol. The van der Waals surface area contributed by atoms with Crippen molar-refractivity contribution < 1.29 is 14.1 Å². The summed E-state index contributed by atoms with van der Waals surface area (Å²) in [7, 11) is 0. The van der Waals surface area contributed by atoms with E-state index in [1.54, 1.807) is 19.2 Å². The summed E-state index contributed by atoms with van der Waals surface area (Å²) in [5, 5.41) is 9.98. The molecule has 2 aromatic heterocycles. The lowest BCUT2D eigenvalue weighted by Crippen LogP contribution is -2.36. The van der Waals surface area contributed by atoms with Gasteiger partial charge in [0.25, 0.3) is 5.91 Å². The van der Waals surface area contributed by atoms with Crippen molar-refractivity contribution in [2.45, 2.75) is 58.4 Å². The first-order chi connectivity index (χ1) is 13.9. The summed E-state index contributed by atoms with van der Waals surface area (Å²) >= 11 is 0. The molecule has 3 rings (SSSR count). The summed E-state index contributed by atoms with van der Waals surface area (Å²) in [4.78, 5) is 28.4. The van der Waals surface area contributed by atoms with E-state index < -0.39 is 0 Å². The molecule has 1 aliphatic rings. The van der Waals surface area contributed by atoms with Crippen LogP contribution in [-0.2, 0) is 4.79 Å². The van der Waals surface area contributed by atoms with Crippen LogP contribution in [0.5, 0.6) is 0 Å². The van der Waals surface area contributed by atoms with Gasteiger partial charge in [-0.05, 0) is 55.6 Å². The van der Waals surface area contributed by atoms with Gasteiger partial charge in [-0.2, -0.15) is 0 Å². The van der Waals surface area contributed by atoms with Gasteiger partial charge in [0.05, 0.1) is 17.4 Å². The lowest BCUT2D eigenvalue weighted by atomic mass is 9.77. The normalized spacial score (nSPS) is 20.3. The minimum atomic E-state index is -0.212. The number of nitrogens with zero attached hydrogens (tertiary/aromatic N) is 2. The number of amides is 2. The molecule has 0 aromatic carbocycles. The molecule has 1 aliphatic carbocycles. The third-order valence-electron chi connectivity index (χ3n) is 5.62. The molecule has 29 heavy (non-hydrogen) atoms. The number of carbonyl (C=O) groups excluding carboxylic acids is 2. The van der Waals surface area contributed by atoms with Gasteiger partial charge >= 0.3 is 0 Å². The smallest absolute Gasteiger partial charge is 0.289 e. The highest BCUT2D eigenvalue weighted by Gasteiger charge is 2.30. The number of hydrogen-bond donors (Lipinski definition) is 2. The van der Waals surface area contributed by atoms with Crippen molar-refractivity contribution in [2.75, 3.05) is 6.54 Å². The molecular formula is C22H30N4O3. The van der Waals surface area contributed by atoms with Crippen LogP contribution in [-0.4, -0.2) is 28.5 Å². The fraction of sp³-hybridized carbons (Fsp3) is 0.545. The number of nitrogens with one attached hydrogen (secondary N) is 2. The molecule has 0 spiro atoms. The van der Waals surface area contributed by atoms with Crippen LogP contribution in [0.4, 0.5) is 0 Å². The maximum Gasteiger partial charge on any atom is 0.289 e. The highest BCUT2D eigenvalue weighted by Crippen LogP contribution is 2.36. The first-order valence-electron chi connectivity index (χ1n) is 10.4. The number of pyridine rings is 1. The minimum absolute atomic E-state index is 0.0390. The molecule has 7 nitrogen and oxygen atoms in total. The van der Waals surface area contributed by atoms with Crippen LogP contribution in [0.15, 0.2) is 35.0 Å². The van der Waals surface area contributed by atoms with Crippen LogP contribution < -0.4 is 10.6 Å². The molecule has 2 heterocycles. The van der Waals surface area contributed by atoms with Gasteiger partial charge in [-0.1, -0.05) is 25.1 Å². The third-order valence-corrected chi connectivity index (χ3v) is 5.62. The van der Waals surface area contributed by atoms with E-state index in [1.807, 2.05) is 32.0 Å². The summed E-state index contributed by atoms with van der Waals surface area (Å²) < 4.78 is 5.15. The Kier molecular flexibility index (Phi) is 7.01. The van der Waals surface area contributed by atoms with Crippen LogP contribution >= 0.6 is 0 Å². The fourth-order valence-electron chi connectivity index (χ4n) is 3.93. The molecule has 0 radical (unpaired) electrons. The summed E-state index contributed by atoms with van der Waals surface area (Å²) in [6.07, 6.45) is 5.74. The average Bonchev–Trinajstić information content (AvgIpc) is 3.22. The van der Waals surface area contributed by atoms with Crippen LogP contribution in [0.3, 0.4) is 0 Å². The number of rotatable bonds is 7. The van der Waals surface area contributed by atoms with E-state index >= 15 is 0 Å². The molecule has 0 saturated heterocycles. The summed E-state index contributed by atoms with van der Waals surface area (Å²) in [6, 6.07) is 7.45. The van der Waals surface area contributed by atoms with Crippen molar-refractivity contribution in [3.63, 3.8) is 0 Å². The van der Waals surface area contributed by atoms with Crippen LogP contribution in [0.25, 0.3) is 0 Å². The molecule has 0 aliphatic heterocycles. The molecule has 2 aromatic rings. The predicted octanol–water partition coefficient (Wildman–Crippen LogP) is 3.61. The highest BCUT2D eigenvalue weighted by molar-refractivity contribution is 5.91. The SMILES string of the molecule is CC(=O)NC(c1ccccn1)C1CCC(CNC(=O)c2cc(C(C)C)no2)CC1. The zero-order chi connectivity index (χ0) is 20.8.